The van der Waals surface area contributed by atoms with Gasteiger partial charge in [-0.25, -0.2) is 18.4 Å². The fourth-order valence-electron chi connectivity index (χ4n) is 3.27. The Morgan fingerprint density at radius 2 is 1.33 bits per heavy atom. The molecule has 7 heteroatoms. The van der Waals surface area contributed by atoms with Gasteiger partial charge in [0.15, 0.2) is 11.6 Å². The van der Waals surface area contributed by atoms with Gasteiger partial charge in [0.1, 0.15) is 24.8 Å². The summed E-state index contributed by atoms with van der Waals surface area (Å²) in [5, 5.41) is 0. The van der Waals surface area contributed by atoms with E-state index in [1.54, 1.807) is 31.2 Å². The van der Waals surface area contributed by atoms with E-state index >= 15 is 0 Å². The molecule has 0 saturated carbocycles. The van der Waals surface area contributed by atoms with E-state index in [9.17, 15) is 18.4 Å². The molecule has 0 unspecified atom stereocenters. The second-order valence-corrected chi connectivity index (χ2v) is 8.25. The van der Waals surface area contributed by atoms with Gasteiger partial charge in [-0.15, -0.1) is 0 Å². The van der Waals surface area contributed by atoms with Crippen LogP contribution in [0.4, 0.5) is 8.78 Å². The van der Waals surface area contributed by atoms with Gasteiger partial charge in [0.05, 0.1) is 0 Å². The highest BCUT2D eigenvalue weighted by molar-refractivity contribution is 5.89. The lowest BCUT2D eigenvalue weighted by atomic mass is 9.98. The fourth-order valence-corrected chi connectivity index (χ4v) is 3.27. The zero-order chi connectivity index (χ0) is 26.4. The molecule has 0 atom stereocenters. The third-order valence-electron chi connectivity index (χ3n) is 5.19. The summed E-state index contributed by atoms with van der Waals surface area (Å²) in [4.78, 5) is 23.0. The highest BCUT2D eigenvalue weighted by atomic mass is 19.1. The Hall–Kier alpha value is -4.26. The summed E-state index contributed by atoms with van der Waals surface area (Å²) in [5.41, 5.74) is 3.20. The van der Waals surface area contributed by atoms with E-state index in [2.05, 4.69) is 13.2 Å². The van der Waals surface area contributed by atoms with Gasteiger partial charge in [-0.3, -0.25) is 0 Å². The maximum Gasteiger partial charge on any atom is 0.338 e. The minimum atomic E-state index is -0.786. The van der Waals surface area contributed by atoms with E-state index in [-0.39, 0.29) is 30.1 Å². The van der Waals surface area contributed by atoms with Crippen molar-refractivity contribution in [1.82, 2.24) is 0 Å². The van der Waals surface area contributed by atoms with Crippen molar-refractivity contribution in [2.75, 3.05) is 13.2 Å². The summed E-state index contributed by atoms with van der Waals surface area (Å²) in [5.74, 6) is -2.17. The summed E-state index contributed by atoms with van der Waals surface area (Å²) in [6, 6.07) is 13.9. The minimum absolute atomic E-state index is 0.0947. The molecule has 0 saturated heterocycles. The molecule has 0 bridgehead atoms. The van der Waals surface area contributed by atoms with Crippen molar-refractivity contribution in [2.45, 2.75) is 20.8 Å². The van der Waals surface area contributed by atoms with E-state index in [1.807, 2.05) is 13.0 Å². The maximum absolute atomic E-state index is 15.0. The first kappa shape index (κ1) is 26.3. The average molecular weight is 493 g/mol. The van der Waals surface area contributed by atoms with Crippen molar-refractivity contribution in [1.29, 1.82) is 0 Å². The zero-order valence-electron chi connectivity index (χ0n) is 20.3. The smallest absolute Gasteiger partial charge is 0.338 e. The predicted octanol–water partition coefficient (Wildman–Crippen LogP) is 6.59. The molecule has 0 aliphatic heterocycles. The zero-order valence-corrected chi connectivity index (χ0v) is 20.3. The molecule has 5 nitrogen and oxygen atoms in total. The van der Waals surface area contributed by atoms with Gasteiger partial charge in [-0.05, 0) is 73.4 Å². The molecular formula is C29H26F2O5. The number of esters is 2. The quantitative estimate of drug-likeness (QED) is 0.146. The van der Waals surface area contributed by atoms with Gasteiger partial charge in [0.2, 0.25) is 0 Å². The second-order valence-electron chi connectivity index (χ2n) is 8.25. The van der Waals surface area contributed by atoms with Crippen LogP contribution < -0.4 is 9.47 Å². The Balaban J connectivity index is 1.72. The van der Waals surface area contributed by atoms with Crippen molar-refractivity contribution in [3.8, 4) is 33.8 Å². The van der Waals surface area contributed by atoms with Crippen LogP contribution in [0.3, 0.4) is 0 Å². The minimum Gasteiger partial charge on any atom is -0.490 e. The highest BCUT2D eigenvalue weighted by Gasteiger charge is 2.14. The average Bonchev–Trinajstić information content (AvgIpc) is 2.83. The molecule has 3 aromatic rings. The topological polar surface area (TPSA) is 61.8 Å². The van der Waals surface area contributed by atoms with Crippen molar-refractivity contribution in [3.63, 3.8) is 0 Å². The van der Waals surface area contributed by atoms with Crippen LogP contribution in [0.15, 0.2) is 78.9 Å². The third-order valence-corrected chi connectivity index (χ3v) is 5.19. The lowest BCUT2D eigenvalue weighted by Crippen LogP contribution is -2.12. The van der Waals surface area contributed by atoms with Crippen LogP contribution in [0.25, 0.3) is 22.3 Å². The molecular weight excluding hydrogens is 466 g/mol. The number of hydrogen-bond donors (Lipinski definition) is 0. The number of halogens is 2. The van der Waals surface area contributed by atoms with Crippen LogP contribution >= 0.6 is 0 Å². The Bertz CT molecular complexity index is 1340. The molecule has 0 N–H and O–H groups in total. The molecule has 3 rings (SSSR count). The number of rotatable bonds is 9. The first-order valence-corrected chi connectivity index (χ1v) is 11.1. The Labute approximate surface area is 208 Å². The summed E-state index contributed by atoms with van der Waals surface area (Å²) in [7, 11) is 0. The molecule has 0 spiro atoms. The molecule has 0 aliphatic carbocycles. The molecule has 0 heterocycles. The maximum atomic E-state index is 15.0. The lowest BCUT2D eigenvalue weighted by molar-refractivity contribution is -0.139. The van der Waals surface area contributed by atoms with Gasteiger partial charge < -0.3 is 14.2 Å². The SMILES string of the molecule is C=C(C)C(=O)OCCOc1ccc(-c2ccc(-c3ccc(OC(=O)C(=C)C)c(F)c3)c(F)c2)cc1C. The third kappa shape index (κ3) is 6.44. The summed E-state index contributed by atoms with van der Waals surface area (Å²) in [6.07, 6.45) is 0. The van der Waals surface area contributed by atoms with Gasteiger partial charge >= 0.3 is 11.9 Å². The summed E-state index contributed by atoms with van der Waals surface area (Å²) >= 11 is 0. The van der Waals surface area contributed by atoms with Gasteiger partial charge in [0.25, 0.3) is 0 Å². The van der Waals surface area contributed by atoms with Crippen LogP contribution in [0.2, 0.25) is 0 Å². The van der Waals surface area contributed by atoms with E-state index < -0.39 is 23.6 Å². The molecule has 0 aliphatic rings. The van der Waals surface area contributed by atoms with Crippen LogP contribution in [0, 0.1) is 18.6 Å². The number of ether oxygens (including phenoxy) is 3. The van der Waals surface area contributed by atoms with Crippen molar-refractivity contribution in [3.05, 3.63) is 96.1 Å². The largest absolute Gasteiger partial charge is 0.490 e. The number of carbonyl (C=O) groups excluding carboxylic acids is 2. The standard InChI is InChI=1S/C29H26F2O5/c1-17(2)28(32)35-13-12-34-26-10-7-20(14-19(26)5)21-6-9-23(24(30)15-21)22-8-11-27(25(31)16-22)36-29(33)18(3)4/h6-11,14-16H,1,3,12-13H2,2,4-5H3. The van der Waals surface area contributed by atoms with E-state index in [0.29, 0.717) is 22.4 Å². The van der Waals surface area contributed by atoms with E-state index in [1.165, 1.54) is 25.1 Å². The molecule has 186 valence electrons. The molecule has 0 radical (unpaired) electrons. The van der Waals surface area contributed by atoms with Crippen LogP contribution in [0.1, 0.15) is 19.4 Å². The Morgan fingerprint density at radius 1 is 0.750 bits per heavy atom. The van der Waals surface area contributed by atoms with Gasteiger partial charge in [0, 0.05) is 16.7 Å². The lowest BCUT2D eigenvalue weighted by Gasteiger charge is -2.12. The van der Waals surface area contributed by atoms with Crippen LogP contribution in [-0.2, 0) is 14.3 Å². The second kappa shape index (κ2) is 11.4. The van der Waals surface area contributed by atoms with Gasteiger partial charge in [-0.1, -0.05) is 37.4 Å². The van der Waals surface area contributed by atoms with Crippen LogP contribution in [0.5, 0.6) is 11.5 Å². The summed E-state index contributed by atoms with van der Waals surface area (Å²) < 4.78 is 45.0. The number of aryl methyl sites for hydroxylation is 1. The summed E-state index contributed by atoms with van der Waals surface area (Å²) in [6.45, 7) is 12.1. The molecule has 0 aromatic heterocycles. The van der Waals surface area contributed by atoms with Crippen molar-refractivity contribution in [2.24, 2.45) is 0 Å². The number of benzene rings is 3. The van der Waals surface area contributed by atoms with Crippen molar-refractivity contribution < 1.29 is 32.6 Å². The highest BCUT2D eigenvalue weighted by Crippen LogP contribution is 2.32. The first-order valence-electron chi connectivity index (χ1n) is 11.1. The first-order chi connectivity index (χ1) is 17.1. The van der Waals surface area contributed by atoms with E-state index in [4.69, 9.17) is 14.2 Å². The molecule has 3 aromatic carbocycles. The molecule has 0 amide bonds. The Kier molecular flexibility index (Phi) is 8.38. The van der Waals surface area contributed by atoms with Gasteiger partial charge in [-0.2, -0.15) is 0 Å². The van der Waals surface area contributed by atoms with E-state index in [0.717, 1.165) is 17.2 Å². The molecule has 36 heavy (non-hydrogen) atoms. The monoisotopic (exact) mass is 492 g/mol. The predicted molar refractivity (Wildman–Crippen MR) is 134 cm³/mol. The number of carbonyl (C=O) groups is 2. The van der Waals surface area contributed by atoms with Crippen LogP contribution in [-0.4, -0.2) is 25.2 Å². The fraction of sp³-hybridized carbons (Fsp3) is 0.172. The number of hydrogen-bond acceptors (Lipinski definition) is 5. The Morgan fingerprint density at radius 3 is 1.94 bits per heavy atom. The van der Waals surface area contributed by atoms with Crippen molar-refractivity contribution >= 4 is 11.9 Å². The normalized spacial score (nSPS) is 10.5. The molecule has 0 fully saturated rings.